The Bertz CT molecular complexity index is 583. The summed E-state index contributed by atoms with van der Waals surface area (Å²) in [5.41, 5.74) is -0.0482. The number of amides is 1. The molecule has 1 aromatic heterocycles. The molecule has 0 saturated carbocycles. The summed E-state index contributed by atoms with van der Waals surface area (Å²) in [7, 11) is 0. The van der Waals surface area contributed by atoms with E-state index in [1.54, 1.807) is 0 Å². The third kappa shape index (κ3) is 4.73. The Morgan fingerprint density at radius 1 is 1.23 bits per heavy atom. The third-order valence-corrected chi connectivity index (χ3v) is 5.24. The van der Waals surface area contributed by atoms with Crippen LogP contribution >= 0.6 is 0 Å². The third-order valence-electron chi connectivity index (χ3n) is 5.24. The van der Waals surface area contributed by atoms with Gasteiger partial charge in [0, 0.05) is 43.1 Å². The molecular weight excluding hydrogens is 347 g/mol. The molecule has 1 aromatic rings. The van der Waals surface area contributed by atoms with E-state index in [2.05, 4.69) is 15.2 Å². The average Bonchev–Trinajstić information content (AvgIpc) is 2.66. The van der Waals surface area contributed by atoms with Gasteiger partial charge in [-0.05, 0) is 44.8 Å². The van der Waals surface area contributed by atoms with Gasteiger partial charge in [-0.3, -0.25) is 9.78 Å². The highest BCUT2D eigenvalue weighted by atomic mass is 19.4. The number of alkyl halides is 3. The Morgan fingerprint density at radius 3 is 2.50 bits per heavy atom. The molecule has 3 rings (SSSR count). The van der Waals surface area contributed by atoms with E-state index in [1.807, 2.05) is 0 Å². The smallest absolute Gasteiger partial charge is 0.381 e. The summed E-state index contributed by atoms with van der Waals surface area (Å²) >= 11 is 0. The number of hydrogen-bond acceptors (Lipinski definition) is 4. The summed E-state index contributed by atoms with van der Waals surface area (Å²) in [6, 6.07) is 1.22. The number of halogens is 3. The molecule has 1 amide bonds. The van der Waals surface area contributed by atoms with Crippen LogP contribution < -0.4 is 5.32 Å². The van der Waals surface area contributed by atoms with Gasteiger partial charge in [-0.1, -0.05) is 6.07 Å². The Balaban J connectivity index is 1.57. The molecule has 1 atom stereocenters. The van der Waals surface area contributed by atoms with Crippen molar-refractivity contribution in [3.8, 4) is 0 Å². The molecule has 1 N–H and O–H groups in total. The fourth-order valence-corrected chi connectivity index (χ4v) is 3.74. The molecule has 2 saturated heterocycles. The number of piperidine rings is 1. The first-order valence-corrected chi connectivity index (χ1v) is 9.04. The van der Waals surface area contributed by atoms with Crippen molar-refractivity contribution in [2.24, 2.45) is 5.92 Å². The number of rotatable bonds is 4. The van der Waals surface area contributed by atoms with E-state index >= 15 is 0 Å². The van der Waals surface area contributed by atoms with Crippen molar-refractivity contribution in [3.63, 3.8) is 0 Å². The fraction of sp³-hybridized carbons (Fsp3) is 0.667. The minimum absolute atomic E-state index is 0.0482. The van der Waals surface area contributed by atoms with Gasteiger partial charge in [-0.15, -0.1) is 0 Å². The molecule has 0 unspecified atom stereocenters. The number of carbonyl (C=O) groups is 1. The predicted molar refractivity (Wildman–Crippen MR) is 89.3 cm³/mol. The fourth-order valence-electron chi connectivity index (χ4n) is 3.74. The molecule has 0 radical (unpaired) electrons. The Morgan fingerprint density at radius 2 is 1.92 bits per heavy atom. The second-order valence-corrected chi connectivity index (χ2v) is 6.92. The van der Waals surface area contributed by atoms with Crippen molar-refractivity contribution >= 4 is 5.91 Å². The maximum Gasteiger partial charge on any atom is 0.412 e. The van der Waals surface area contributed by atoms with Crippen molar-refractivity contribution in [1.82, 2.24) is 15.2 Å². The van der Waals surface area contributed by atoms with Crippen molar-refractivity contribution in [3.05, 3.63) is 30.1 Å². The van der Waals surface area contributed by atoms with Crippen LogP contribution in [0.25, 0.3) is 0 Å². The highest BCUT2D eigenvalue weighted by molar-refractivity contribution is 5.79. The summed E-state index contributed by atoms with van der Waals surface area (Å²) in [5.74, 6) is -0.907. The Kier molecular flexibility index (Phi) is 6.13. The van der Waals surface area contributed by atoms with Gasteiger partial charge in [0.2, 0.25) is 5.91 Å². The van der Waals surface area contributed by atoms with Gasteiger partial charge in [0.1, 0.15) is 0 Å². The summed E-state index contributed by atoms with van der Waals surface area (Å²) < 4.78 is 45.5. The molecule has 144 valence electrons. The van der Waals surface area contributed by atoms with Crippen LogP contribution in [0, 0.1) is 5.92 Å². The summed E-state index contributed by atoms with van der Waals surface area (Å²) in [5, 5.41) is 2.19. The van der Waals surface area contributed by atoms with E-state index in [4.69, 9.17) is 4.74 Å². The van der Waals surface area contributed by atoms with E-state index < -0.39 is 18.1 Å². The van der Waals surface area contributed by atoms with E-state index in [-0.39, 0.29) is 11.5 Å². The van der Waals surface area contributed by atoms with Crippen molar-refractivity contribution < 1.29 is 22.7 Å². The van der Waals surface area contributed by atoms with Crippen molar-refractivity contribution in [1.29, 1.82) is 0 Å². The summed E-state index contributed by atoms with van der Waals surface area (Å²) in [6.07, 6.45) is 1.13. The summed E-state index contributed by atoms with van der Waals surface area (Å²) in [4.78, 5) is 18.5. The first-order chi connectivity index (χ1) is 12.4. The normalized spacial score (nSPS) is 22.1. The van der Waals surface area contributed by atoms with Crippen LogP contribution in [0.2, 0.25) is 0 Å². The first-order valence-electron chi connectivity index (χ1n) is 9.04. The second kappa shape index (κ2) is 8.35. The van der Waals surface area contributed by atoms with Crippen molar-refractivity contribution in [2.45, 2.75) is 43.9 Å². The number of hydrogen-bond donors (Lipinski definition) is 1. The molecule has 0 aromatic carbocycles. The minimum Gasteiger partial charge on any atom is -0.381 e. The van der Waals surface area contributed by atoms with E-state index in [9.17, 15) is 18.0 Å². The lowest BCUT2D eigenvalue weighted by Crippen LogP contribution is -2.48. The number of carbonyl (C=O) groups excluding carboxylic acids is 1. The van der Waals surface area contributed by atoms with Crippen LogP contribution in [-0.2, 0) is 9.53 Å². The molecule has 0 bridgehead atoms. The maximum atomic E-state index is 13.4. The molecule has 2 aliphatic heterocycles. The zero-order chi connectivity index (χ0) is 18.6. The van der Waals surface area contributed by atoms with Crippen LogP contribution in [0.15, 0.2) is 24.5 Å². The quantitative estimate of drug-likeness (QED) is 0.884. The number of ether oxygens (including phenoxy) is 1. The SMILES string of the molecule is O=C(N[C@@H](c1cccnc1)C(F)(F)F)C1CCN(C2CCOCC2)CC1. The van der Waals surface area contributed by atoms with Gasteiger partial charge in [-0.2, -0.15) is 13.2 Å². The molecule has 3 heterocycles. The van der Waals surface area contributed by atoms with Crippen LogP contribution in [-0.4, -0.2) is 54.3 Å². The largest absolute Gasteiger partial charge is 0.412 e. The Hall–Kier alpha value is -1.67. The molecular formula is C18H24F3N3O2. The second-order valence-electron chi connectivity index (χ2n) is 6.92. The van der Waals surface area contributed by atoms with Gasteiger partial charge in [0.25, 0.3) is 0 Å². The zero-order valence-corrected chi connectivity index (χ0v) is 14.5. The van der Waals surface area contributed by atoms with E-state index in [0.717, 1.165) is 45.3 Å². The van der Waals surface area contributed by atoms with Gasteiger partial charge in [-0.25, -0.2) is 0 Å². The first kappa shape index (κ1) is 19.1. The van der Waals surface area contributed by atoms with Crippen LogP contribution in [0.5, 0.6) is 0 Å². The molecule has 2 aliphatic rings. The van der Waals surface area contributed by atoms with Crippen LogP contribution in [0.4, 0.5) is 13.2 Å². The lowest BCUT2D eigenvalue weighted by molar-refractivity contribution is -0.165. The molecule has 2 fully saturated rings. The number of pyridine rings is 1. The van der Waals surface area contributed by atoms with Gasteiger partial charge >= 0.3 is 6.18 Å². The standard InChI is InChI=1S/C18H24F3N3O2/c19-18(20,21)16(14-2-1-7-22-12-14)23-17(25)13-3-8-24(9-4-13)15-5-10-26-11-6-15/h1-2,7,12-13,15-16H,3-6,8-11H2,(H,23,25)/t16-/m0/s1. The number of nitrogens with one attached hydrogen (secondary N) is 1. The number of aromatic nitrogens is 1. The highest BCUT2D eigenvalue weighted by Crippen LogP contribution is 2.33. The summed E-state index contributed by atoms with van der Waals surface area (Å²) in [6.45, 7) is 2.99. The molecule has 0 aliphatic carbocycles. The highest BCUT2D eigenvalue weighted by Gasteiger charge is 2.43. The van der Waals surface area contributed by atoms with Gasteiger partial charge in [0.05, 0.1) is 0 Å². The van der Waals surface area contributed by atoms with Gasteiger partial charge < -0.3 is 15.0 Å². The average molecular weight is 371 g/mol. The predicted octanol–water partition coefficient (Wildman–Crippen LogP) is 2.69. The molecule has 5 nitrogen and oxygen atoms in total. The molecule has 26 heavy (non-hydrogen) atoms. The molecule has 0 spiro atoms. The Labute approximate surface area is 150 Å². The van der Waals surface area contributed by atoms with E-state index in [0.29, 0.717) is 18.9 Å². The lowest BCUT2D eigenvalue weighted by Gasteiger charge is -2.39. The number of likely N-dealkylation sites (tertiary alicyclic amines) is 1. The van der Waals surface area contributed by atoms with Crippen LogP contribution in [0.1, 0.15) is 37.3 Å². The van der Waals surface area contributed by atoms with Crippen LogP contribution in [0.3, 0.4) is 0 Å². The zero-order valence-electron chi connectivity index (χ0n) is 14.5. The maximum absolute atomic E-state index is 13.4. The number of nitrogens with zero attached hydrogens (tertiary/aromatic N) is 2. The topological polar surface area (TPSA) is 54.5 Å². The van der Waals surface area contributed by atoms with Gasteiger partial charge in [0.15, 0.2) is 6.04 Å². The monoisotopic (exact) mass is 371 g/mol. The lowest BCUT2D eigenvalue weighted by atomic mass is 9.93. The van der Waals surface area contributed by atoms with E-state index in [1.165, 1.54) is 18.3 Å². The van der Waals surface area contributed by atoms with Crippen molar-refractivity contribution in [2.75, 3.05) is 26.3 Å². The minimum atomic E-state index is -4.55. The molecule has 8 heteroatoms.